The lowest BCUT2D eigenvalue weighted by atomic mass is 9.75. The van der Waals surface area contributed by atoms with Gasteiger partial charge in [0.2, 0.25) is 11.6 Å². The summed E-state index contributed by atoms with van der Waals surface area (Å²) in [6, 6.07) is 14.7. The van der Waals surface area contributed by atoms with Gasteiger partial charge in [0.1, 0.15) is 12.8 Å². The Morgan fingerprint density at radius 1 is 1.00 bits per heavy atom. The Morgan fingerprint density at radius 2 is 1.83 bits per heavy atom. The van der Waals surface area contributed by atoms with Crippen LogP contribution in [-0.2, 0) is 12.5 Å². The molecule has 1 aliphatic rings. The van der Waals surface area contributed by atoms with E-state index in [1.54, 1.807) is 6.20 Å². The van der Waals surface area contributed by atoms with Crippen LogP contribution in [-0.4, -0.2) is 4.98 Å². The van der Waals surface area contributed by atoms with Gasteiger partial charge in [-0.3, -0.25) is 0 Å². The first-order valence-corrected chi connectivity index (χ1v) is 8.22. The van der Waals surface area contributed by atoms with E-state index in [0.717, 1.165) is 22.6 Å². The van der Waals surface area contributed by atoms with E-state index in [1.807, 2.05) is 12.1 Å². The van der Waals surface area contributed by atoms with Gasteiger partial charge in [-0.2, -0.15) is 0 Å². The number of fused-ring (bicyclic) bond motifs is 2. The summed E-state index contributed by atoms with van der Waals surface area (Å²) >= 11 is 0. The lowest BCUT2D eigenvalue weighted by molar-refractivity contribution is -0.660. The topological polar surface area (TPSA) is 26.0 Å². The van der Waals surface area contributed by atoms with Crippen molar-refractivity contribution in [2.24, 2.45) is 7.05 Å². The van der Waals surface area contributed by atoms with Crippen molar-refractivity contribution in [2.75, 3.05) is 0 Å². The normalized spacial score (nSPS) is 14.5. The largest absolute Gasteiger partial charge is 0.437 e. The molecule has 0 bridgehead atoms. The van der Waals surface area contributed by atoms with Crippen molar-refractivity contribution < 1.29 is 9.30 Å². The summed E-state index contributed by atoms with van der Waals surface area (Å²) in [6.45, 7) is 6.60. The lowest BCUT2D eigenvalue weighted by Gasteiger charge is -2.34. The minimum absolute atomic E-state index is 0.146. The molecular formula is C21H21N2O+. The number of nitrogens with zero attached hydrogens (tertiary/aromatic N) is 2. The van der Waals surface area contributed by atoms with Crippen molar-refractivity contribution in [3.8, 4) is 22.9 Å². The molecule has 0 unspecified atom stereocenters. The van der Waals surface area contributed by atoms with Crippen LogP contribution in [0.4, 0.5) is 0 Å². The van der Waals surface area contributed by atoms with E-state index in [2.05, 4.69) is 73.9 Å². The van der Waals surface area contributed by atoms with Crippen molar-refractivity contribution in [1.82, 2.24) is 4.98 Å². The van der Waals surface area contributed by atoms with Crippen LogP contribution in [0.3, 0.4) is 0 Å². The third kappa shape index (κ3) is 2.04. The third-order valence-corrected chi connectivity index (χ3v) is 4.99. The summed E-state index contributed by atoms with van der Waals surface area (Å²) < 4.78 is 8.44. The van der Waals surface area contributed by atoms with E-state index in [0.29, 0.717) is 5.88 Å². The van der Waals surface area contributed by atoms with Gasteiger partial charge in [-0.15, -0.1) is 0 Å². The van der Waals surface area contributed by atoms with Crippen LogP contribution in [0.1, 0.15) is 30.5 Å². The maximum Gasteiger partial charge on any atom is 0.223 e. The van der Waals surface area contributed by atoms with E-state index >= 15 is 0 Å². The van der Waals surface area contributed by atoms with Gasteiger partial charge in [-0.25, -0.2) is 9.55 Å². The summed E-state index contributed by atoms with van der Waals surface area (Å²) in [5.74, 6) is 1.63. The van der Waals surface area contributed by atoms with Crippen molar-refractivity contribution in [3.05, 3.63) is 71.5 Å². The summed E-state index contributed by atoms with van der Waals surface area (Å²) in [6.07, 6.45) is 3.85. The van der Waals surface area contributed by atoms with Gasteiger partial charge in [-0.1, -0.05) is 32.0 Å². The average molecular weight is 317 g/mol. The van der Waals surface area contributed by atoms with Gasteiger partial charge in [-0.05, 0) is 24.6 Å². The molecule has 0 amide bonds. The second kappa shape index (κ2) is 5.17. The number of hydrogen-bond donors (Lipinski definition) is 0. The first kappa shape index (κ1) is 14.9. The monoisotopic (exact) mass is 317 g/mol. The molecule has 0 radical (unpaired) electrons. The molecule has 24 heavy (non-hydrogen) atoms. The standard InChI is InChI=1S/C21H21N2O/c1-14-10-11-15-19(18(14)17-9-5-6-13-23(17)4)24-20-16(21(15,2)3)8-7-12-22-20/h5-13H,1-4H3/q+1. The molecule has 0 N–H and O–H groups in total. The molecule has 0 spiro atoms. The summed E-state index contributed by atoms with van der Waals surface area (Å²) in [5, 5.41) is 0. The highest BCUT2D eigenvalue weighted by molar-refractivity contribution is 5.74. The molecule has 2 aromatic heterocycles. The summed E-state index contributed by atoms with van der Waals surface area (Å²) in [7, 11) is 2.06. The molecule has 0 saturated carbocycles. The Labute approximate surface area is 142 Å². The fourth-order valence-corrected chi connectivity index (χ4v) is 3.57. The number of hydrogen-bond acceptors (Lipinski definition) is 2. The molecule has 0 saturated heterocycles. The van der Waals surface area contributed by atoms with Crippen LogP contribution in [0.25, 0.3) is 11.3 Å². The van der Waals surface area contributed by atoms with Crippen LogP contribution in [0.5, 0.6) is 11.6 Å². The molecular weight excluding hydrogens is 296 g/mol. The van der Waals surface area contributed by atoms with Gasteiger partial charge in [0.05, 0.1) is 5.56 Å². The summed E-state index contributed by atoms with van der Waals surface area (Å²) in [4.78, 5) is 4.47. The Bertz CT molecular complexity index is 944. The number of pyridine rings is 2. The predicted molar refractivity (Wildman–Crippen MR) is 94.2 cm³/mol. The quantitative estimate of drug-likeness (QED) is 0.625. The highest BCUT2D eigenvalue weighted by Gasteiger charge is 2.37. The zero-order valence-electron chi connectivity index (χ0n) is 14.5. The van der Waals surface area contributed by atoms with Gasteiger partial charge < -0.3 is 4.74 Å². The molecule has 4 rings (SSSR count). The van der Waals surface area contributed by atoms with Gasteiger partial charge in [0.25, 0.3) is 0 Å². The SMILES string of the molecule is Cc1ccc2c(c1-c1cccc[n+]1C)Oc1ncccc1C2(C)C. The fourth-order valence-electron chi connectivity index (χ4n) is 3.57. The maximum absolute atomic E-state index is 6.31. The van der Waals surface area contributed by atoms with Crippen molar-refractivity contribution >= 4 is 0 Å². The van der Waals surface area contributed by atoms with E-state index in [4.69, 9.17) is 4.74 Å². The molecule has 0 fully saturated rings. The van der Waals surface area contributed by atoms with E-state index in [-0.39, 0.29) is 5.41 Å². The number of rotatable bonds is 1. The molecule has 1 aromatic carbocycles. The van der Waals surface area contributed by atoms with Crippen LogP contribution >= 0.6 is 0 Å². The van der Waals surface area contributed by atoms with E-state index in [9.17, 15) is 0 Å². The first-order chi connectivity index (χ1) is 11.5. The molecule has 120 valence electrons. The number of ether oxygens (including phenoxy) is 1. The van der Waals surface area contributed by atoms with Gasteiger partial charge >= 0.3 is 0 Å². The second-order valence-corrected chi connectivity index (χ2v) is 6.91. The van der Waals surface area contributed by atoms with Crippen LogP contribution in [0, 0.1) is 6.92 Å². The van der Waals surface area contributed by atoms with Gasteiger partial charge in [0, 0.05) is 34.9 Å². The average Bonchev–Trinajstić information content (AvgIpc) is 2.56. The highest BCUT2D eigenvalue weighted by Crippen LogP contribution is 2.50. The number of benzene rings is 1. The van der Waals surface area contributed by atoms with Crippen LogP contribution in [0.2, 0.25) is 0 Å². The Morgan fingerprint density at radius 3 is 2.62 bits per heavy atom. The van der Waals surface area contributed by atoms with Gasteiger partial charge in [0.15, 0.2) is 6.20 Å². The number of aromatic nitrogens is 2. The molecule has 0 aliphatic carbocycles. The second-order valence-electron chi connectivity index (χ2n) is 6.91. The Balaban J connectivity index is 2.03. The van der Waals surface area contributed by atoms with Crippen LogP contribution in [0.15, 0.2) is 54.9 Å². The van der Waals surface area contributed by atoms with Crippen molar-refractivity contribution in [3.63, 3.8) is 0 Å². The molecule has 1 aliphatic heterocycles. The smallest absolute Gasteiger partial charge is 0.223 e. The molecule has 3 aromatic rings. The fraction of sp³-hybridized carbons (Fsp3) is 0.238. The highest BCUT2D eigenvalue weighted by atomic mass is 16.5. The van der Waals surface area contributed by atoms with E-state index < -0.39 is 0 Å². The van der Waals surface area contributed by atoms with Crippen molar-refractivity contribution in [1.29, 1.82) is 0 Å². The summed E-state index contributed by atoms with van der Waals surface area (Å²) in [5.41, 5.74) is 5.66. The van der Waals surface area contributed by atoms with E-state index in [1.165, 1.54) is 11.1 Å². The Kier molecular flexibility index (Phi) is 3.20. The van der Waals surface area contributed by atoms with Crippen LogP contribution < -0.4 is 9.30 Å². The zero-order chi connectivity index (χ0) is 16.9. The maximum atomic E-state index is 6.31. The number of aryl methyl sites for hydroxylation is 2. The Hall–Kier alpha value is -2.68. The molecule has 3 heterocycles. The minimum atomic E-state index is -0.146. The van der Waals surface area contributed by atoms with Crippen molar-refractivity contribution in [2.45, 2.75) is 26.2 Å². The zero-order valence-corrected chi connectivity index (χ0v) is 14.5. The lowest BCUT2D eigenvalue weighted by Crippen LogP contribution is -2.31. The first-order valence-electron chi connectivity index (χ1n) is 8.22. The minimum Gasteiger partial charge on any atom is -0.437 e. The molecule has 3 heteroatoms. The third-order valence-electron chi connectivity index (χ3n) is 4.99. The molecule has 3 nitrogen and oxygen atoms in total. The molecule has 0 atom stereocenters. The predicted octanol–water partition coefficient (Wildman–Crippen LogP) is 4.31.